The van der Waals surface area contributed by atoms with Gasteiger partial charge in [0.25, 0.3) is 5.96 Å². The number of benzene rings is 2. The lowest BCUT2D eigenvalue weighted by atomic mass is 10.2. The summed E-state index contributed by atoms with van der Waals surface area (Å²) < 4.78 is 21.2. The summed E-state index contributed by atoms with van der Waals surface area (Å²) in [7, 11) is 0. The van der Waals surface area contributed by atoms with Gasteiger partial charge in [-0.3, -0.25) is 0 Å². The highest BCUT2D eigenvalue weighted by atomic mass is 127. The first-order valence-electron chi connectivity index (χ1n) is 6.99. The van der Waals surface area contributed by atoms with Crippen molar-refractivity contribution in [1.82, 2.24) is 5.43 Å². The van der Waals surface area contributed by atoms with Gasteiger partial charge in [0.2, 0.25) is 0 Å². The van der Waals surface area contributed by atoms with Crippen LogP contribution in [0.25, 0.3) is 0 Å². The van der Waals surface area contributed by atoms with Crippen molar-refractivity contribution in [3.8, 4) is 5.75 Å². The number of hydrazine groups is 1. The van der Waals surface area contributed by atoms with Crippen LogP contribution in [0.5, 0.6) is 5.75 Å². The highest BCUT2D eigenvalue weighted by Gasteiger charge is 2.11. The Balaban J connectivity index is 2.23. The number of guanidine groups is 1. The summed E-state index contributed by atoms with van der Waals surface area (Å²) in [5.74, 6) is -0.319. The lowest BCUT2D eigenvalue weighted by molar-refractivity contribution is -0.525. The number of nitrogens with zero attached hydrogens (tertiary/aromatic N) is 3. The third kappa shape index (κ3) is 6.05. The van der Waals surface area contributed by atoms with E-state index in [-0.39, 0.29) is 12.4 Å². The first kappa shape index (κ1) is 20.3. The van der Waals surface area contributed by atoms with Crippen molar-refractivity contribution in [2.45, 2.75) is 6.61 Å². The van der Waals surface area contributed by atoms with Gasteiger partial charge < -0.3 is 10.5 Å². The molecule has 0 aromatic heterocycles. The van der Waals surface area contributed by atoms with Gasteiger partial charge in [0.05, 0.1) is 9.78 Å². The number of nitrogens with one attached hydrogen (secondary N) is 1. The topological polar surface area (TPSA) is 115 Å². The molecule has 0 aliphatic rings. The quantitative estimate of drug-likeness (QED) is 0.179. The van der Waals surface area contributed by atoms with Gasteiger partial charge in [-0.05, 0) is 63.4 Å². The predicted octanol–water partition coefficient (Wildman–Crippen LogP) is 3.04. The molecule has 0 saturated heterocycles. The Morgan fingerprint density at radius 3 is 2.81 bits per heavy atom. The summed E-state index contributed by atoms with van der Waals surface area (Å²) in [6, 6.07) is 10.0. The van der Waals surface area contributed by atoms with Crippen LogP contribution in [0, 0.1) is 23.1 Å². The van der Waals surface area contributed by atoms with Crippen LogP contribution in [0.2, 0.25) is 0 Å². The first-order chi connectivity index (χ1) is 12.4. The minimum atomic E-state index is -0.842. The molecule has 0 amide bonds. The maximum atomic E-state index is 13.8. The van der Waals surface area contributed by atoms with Crippen molar-refractivity contribution in [2.24, 2.45) is 15.9 Å². The van der Waals surface area contributed by atoms with E-state index >= 15 is 0 Å². The van der Waals surface area contributed by atoms with Gasteiger partial charge in [0, 0.05) is 14.7 Å². The highest BCUT2D eigenvalue weighted by molar-refractivity contribution is 14.1. The average Bonchev–Trinajstić information content (AvgIpc) is 2.54. The molecule has 26 heavy (non-hydrogen) atoms. The molecule has 0 fully saturated rings. The van der Waals surface area contributed by atoms with Crippen LogP contribution in [-0.2, 0) is 6.61 Å². The van der Waals surface area contributed by atoms with Crippen molar-refractivity contribution < 1.29 is 14.2 Å². The Morgan fingerprint density at radius 2 is 2.12 bits per heavy atom. The van der Waals surface area contributed by atoms with E-state index in [0.29, 0.717) is 16.9 Å². The average molecular weight is 583 g/mol. The number of hydrogen-bond acceptors (Lipinski definition) is 5. The molecule has 8 nitrogen and oxygen atoms in total. The molecular weight excluding hydrogens is 571 g/mol. The normalized spacial score (nSPS) is 11.6. The van der Waals surface area contributed by atoms with Gasteiger partial charge in [-0.1, -0.05) is 23.6 Å². The fourth-order valence-corrected chi connectivity index (χ4v) is 3.91. The number of hydrogen-bond donors (Lipinski definition) is 2. The van der Waals surface area contributed by atoms with Crippen LogP contribution in [0.1, 0.15) is 11.1 Å². The summed E-state index contributed by atoms with van der Waals surface area (Å²) in [4.78, 5) is 10.3. The Kier molecular flexibility index (Phi) is 7.50. The maximum absolute atomic E-state index is 13.8. The molecule has 0 aliphatic carbocycles. The summed E-state index contributed by atoms with van der Waals surface area (Å²) in [5, 5.41) is 16.6. The van der Waals surface area contributed by atoms with Crippen molar-refractivity contribution in [1.29, 1.82) is 0 Å². The van der Waals surface area contributed by atoms with Crippen molar-refractivity contribution in [3.63, 3.8) is 0 Å². The van der Waals surface area contributed by atoms with Crippen molar-refractivity contribution in [3.05, 3.63) is 70.6 Å². The Morgan fingerprint density at radius 1 is 1.38 bits per heavy atom. The van der Waals surface area contributed by atoms with Crippen LogP contribution in [-0.4, -0.2) is 17.2 Å². The van der Waals surface area contributed by atoms with Crippen LogP contribution < -0.4 is 15.9 Å². The second kappa shape index (κ2) is 9.61. The summed E-state index contributed by atoms with van der Waals surface area (Å²) in [6.45, 7) is 0.0401. The van der Waals surface area contributed by atoms with E-state index in [9.17, 15) is 14.5 Å². The molecule has 0 atom stereocenters. The number of nitro groups is 1. The number of nitrogens with two attached hydrogens (primary N) is 1. The van der Waals surface area contributed by atoms with Gasteiger partial charge in [0.1, 0.15) is 18.2 Å². The molecule has 0 bridgehead atoms. The molecule has 3 N–H and O–H groups in total. The molecule has 0 spiro atoms. The second-order valence-corrected chi connectivity index (χ2v) is 7.19. The molecule has 0 aliphatic heterocycles. The largest absolute Gasteiger partial charge is 0.487 e. The van der Waals surface area contributed by atoms with Gasteiger partial charge in [-0.15, -0.1) is 5.10 Å². The van der Waals surface area contributed by atoms with E-state index < -0.39 is 11.0 Å². The maximum Gasteiger partial charge on any atom is 0.275 e. The lowest BCUT2D eigenvalue weighted by Crippen LogP contribution is -2.35. The van der Waals surface area contributed by atoms with E-state index in [1.165, 1.54) is 12.3 Å². The van der Waals surface area contributed by atoms with Gasteiger partial charge in [-0.25, -0.2) is 14.5 Å². The lowest BCUT2D eigenvalue weighted by Gasteiger charge is -2.12. The molecule has 0 unspecified atom stereocenters. The SMILES string of the molecule is NC(=N/N=C\c1cc(I)cc(I)c1OCc1ccccc1F)N[N+](=O)[O-]. The summed E-state index contributed by atoms with van der Waals surface area (Å²) in [6.07, 6.45) is 1.36. The van der Waals surface area contributed by atoms with Gasteiger partial charge in [-0.2, -0.15) is 5.10 Å². The molecule has 11 heteroatoms. The third-order valence-electron chi connectivity index (χ3n) is 2.94. The van der Waals surface area contributed by atoms with E-state index in [1.807, 2.05) is 6.07 Å². The molecule has 0 radical (unpaired) electrons. The molecule has 136 valence electrons. The minimum absolute atomic E-state index is 0.0401. The van der Waals surface area contributed by atoms with E-state index in [4.69, 9.17) is 10.5 Å². The zero-order chi connectivity index (χ0) is 19.1. The van der Waals surface area contributed by atoms with Crippen LogP contribution in [0.3, 0.4) is 0 Å². The van der Waals surface area contributed by atoms with Crippen molar-refractivity contribution in [2.75, 3.05) is 0 Å². The smallest absolute Gasteiger partial charge is 0.275 e. The van der Waals surface area contributed by atoms with Gasteiger partial charge in [0.15, 0.2) is 5.03 Å². The number of rotatable bonds is 6. The Labute approximate surface area is 175 Å². The molecule has 0 saturated carbocycles. The zero-order valence-corrected chi connectivity index (χ0v) is 17.3. The first-order valence-corrected chi connectivity index (χ1v) is 9.15. The monoisotopic (exact) mass is 583 g/mol. The molecule has 0 heterocycles. The molecular formula is C15H12FI2N5O3. The van der Waals surface area contributed by atoms with Gasteiger partial charge >= 0.3 is 0 Å². The Bertz CT molecular complexity index is 876. The standard InChI is InChI=1S/C15H12FI2N5O3/c16-12-4-2-1-3-9(12)8-26-14-10(5-11(17)6-13(14)18)7-20-21-15(19)22-23(24)25/h1-7H,8H2,(H3,19,21,22)/b20-7-. The van der Waals surface area contributed by atoms with Crippen LogP contribution in [0.4, 0.5) is 4.39 Å². The summed E-state index contributed by atoms with van der Waals surface area (Å²) >= 11 is 4.23. The van der Waals surface area contributed by atoms with E-state index in [0.717, 1.165) is 7.14 Å². The van der Waals surface area contributed by atoms with Crippen LogP contribution in [0.15, 0.2) is 46.6 Å². The third-order valence-corrected chi connectivity index (χ3v) is 4.36. The van der Waals surface area contributed by atoms with Crippen LogP contribution >= 0.6 is 45.2 Å². The fraction of sp³-hybridized carbons (Fsp3) is 0.0667. The highest BCUT2D eigenvalue weighted by Crippen LogP contribution is 2.28. The second-order valence-electron chi connectivity index (χ2n) is 4.78. The zero-order valence-electron chi connectivity index (χ0n) is 13.0. The minimum Gasteiger partial charge on any atom is -0.487 e. The number of ether oxygens (including phenoxy) is 1. The van der Waals surface area contributed by atoms with E-state index in [1.54, 1.807) is 29.7 Å². The van der Waals surface area contributed by atoms with E-state index in [2.05, 4.69) is 55.4 Å². The molecule has 2 rings (SSSR count). The summed E-state index contributed by atoms with van der Waals surface area (Å²) in [5.41, 5.74) is 7.97. The van der Waals surface area contributed by atoms with Crippen molar-refractivity contribution >= 4 is 57.4 Å². The molecule has 2 aromatic rings. The number of halogens is 3. The fourth-order valence-electron chi connectivity index (χ4n) is 1.86. The Hall–Kier alpha value is -2.03. The molecule has 2 aromatic carbocycles. The predicted molar refractivity (Wildman–Crippen MR) is 112 cm³/mol.